The van der Waals surface area contributed by atoms with Gasteiger partial charge in [-0.25, -0.2) is 4.98 Å². The Morgan fingerprint density at radius 3 is 2.59 bits per heavy atom. The molecule has 0 atom stereocenters. The second-order valence-electron chi connectivity index (χ2n) is 5.75. The van der Waals surface area contributed by atoms with Crippen LogP contribution in [-0.4, -0.2) is 17.1 Å². The van der Waals surface area contributed by atoms with E-state index in [1.807, 2.05) is 6.07 Å². The first kappa shape index (κ1) is 19.7. The van der Waals surface area contributed by atoms with Gasteiger partial charge in [-0.2, -0.15) is 15.5 Å². The Labute approximate surface area is 172 Å². The third kappa shape index (κ3) is 5.01. The van der Waals surface area contributed by atoms with E-state index in [0.717, 1.165) is 11.3 Å². The van der Waals surface area contributed by atoms with Gasteiger partial charge in [0.15, 0.2) is 0 Å². The highest BCUT2D eigenvalue weighted by Gasteiger charge is 2.11. The number of allylic oxidation sites excluding steroid dienone is 1. The van der Waals surface area contributed by atoms with Crippen LogP contribution in [0.15, 0.2) is 54.7 Å². The Morgan fingerprint density at radius 2 is 1.90 bits per heavy atom. The largest absolute Gasteiger partial charge is 0.494 e. The maximum Gasteiger partial charge on any atom is 0.229 e. The number of hydrogen-bond donors (Lipinski definition) is 2. The lowest BCUT2D eigenvalue weighted by atomic mass is 10.1. The number of benzene rings is 2. The Kier molecular flexibility index (Phi) is 6.26. The molecule has 0 saturated carbocycles. The van der Waals surface area contributed by atoms with Crippen LogP contribution in [0.5, 0.6) is 5.75 Å². The molecule has 0 aliphatic rings. The maximum atomic E-state index is 8.88. The highest BCUT2D eigenvalue weighted by atomic mass is 35.5. The monoisotopic (exact) mass is 402 g/mol. The van der Waals surface area contributed by atoms with Gasteiger partial charge in [-0.15, -0.1) is 0 Å². The number of hydrogen-bond acceptors (Lipinski definition) is 7. The first-order valence-corrected chi connectivity index (χ1v) is 8.81. The van der Waals surface area contributed by atoms with Crippen LogP contribution in [0.3, 0.4) is 0 Å². The van der Waals surface area contributed by atoms with Crippen molar-refractivity contribution in [1.29, 1.82) is 10.5 Å². The van der Waals surface area contributed by atoms with Gasteiger partial charge >= 0.3 is 0 Å². The van der Waals surface area contributed by atoms with Crippen LogP contribution < -0.4 is 15.4 Å². The van der Waals surface area contributed by atoms with Crippen molar-refractivity contribution in [3.8, 4) is 17.9 Å². The predicted octanol–water partition coefficient (Wildman–Crippen LogP) is 5.03. The van der Waals surface area contributed by atoms with E-state index in [9.17, 15) is 0 Å². The van der Waals surface area contributed by atoms with Crippen molar-refractivity contribution in [2.75, 3.05) is 17.7 Å². The average molecular weight is 403 g/mol. The van der Waals surface area contributed by atoms with Gasteiger partial charge < -0.3 is 15.4 Å². The minimum atomic E-state index is 0.378. The van der Waals surface area contributed by atoms with E-state index in [0.29, 0.717) is 33.8 Å². The lowest BCUT2D eigenvalue weighted by Crippen LogP contribution is -2.02. The lowest BCUT2D eigenvalue weighted by Gasteiger charge is -2.14. The van der Waals surface area contributed by atoms with Crippen molar-refractivity contribution >= 4 is 40.8 Å². The number of nitrogens with zero attached hydrogens (tertiary/aromatic N) is 4. The Morgan fingerprint density at radius 1 is 1.10 bits per heavy atom. The standard InChI is InChI=1S/C21H15ClN6O/c1-29-18-12-15(3-2-9-23)11-17(22)20(18)27-19-8-10-25-21(28-19)26-16-6-4-14(13-24)5-7-16/h2-8,10-12H,1H3,(H2,25,26,27,28)/b3-2+. The average Bonchev–Trinajstić information content (AvgIpc) is 2.74. The Hall–Kier alpha value is -4.07. The topological polar surface area (TPSA) is 107 Å². The zero-order valence-corrected chi connectivity index (χ0v) is 16.1. The van der Waals surface area contributed by atoms with Gasteiger partial charge in [0, 0.05) is 18.0 Å². The minimum absolute atomic E-state index is 0.378. The molecule has 29 heavy (non-hydrogen) atoms. The van der Waals surface area contributed by atoms with Crippen molar-refractivity contribution < 1.29 is 4.74 Å². The lowest BCUT2D eigenvalue weighted by molar-refractivity contribution is 0.416. The van der Waals surface area contributed by atoms with Gasteiger partial charge in [0.05, 0.1) is 29.8 Å². The summed E-state index contributed by atoms with van der Waals surface area (Å²) < 4.78 is 5.42. The molecule has 0 aliphatic carbocycles. The van der Waals surface area contributed by atoms with E-state index >= 15 is 0 Å². The van der Waals surface area contributed by atoms with Crippen LogP contribution in [0.4, 0.5) is 23.1 Å². The summed E-state index contributed by atoms with van der Waals surface area (Å²) in [5, 5.41) is 24.2. The third-order valence-electron chi connectivity index (χ3n) is 3.83. The van der Waals surface area contributed by atoms with Crippen LogP contribution in [-0.2, 0) is 0 Å². The normalized spacial score (nSPS) is 10.2. The maximum absolute atomic E-state index is 8.88. The number of halogens is 1. The smallest absolute Gasteiger partial charge is 0.229 e. The van der Waals surface area contributed by atoms with Crippen molar-refractivity contribution in [1.82, 2.24) is 9.97 Å². The van der Waals surface area contributed by atoms with Gasteiger partial charge in [-0.1, -0.05) is 11.6 Å². The fourth-order valence-corrected chi connectivity index (χ4v) is 2.75. The molecule has 2 aromatic carbocycles. The van der Waals surface area contributed by atoms with E-state index in [1.165, 1.54) is 13.2 Å². The first-order valence-electron chi connectivity index (χ1n) is 8.44. The van der Waals surface area contributed by atoms with Gasteiger partial charge in [0.2, 0.25) is 5.95 Å². The second-order valence-corrected chi connectivity index (χ2v) is 6.15. The van der Waals surface area contributed by atoms with E-state index in [4.69, 9.17) is 26.9 Å². The number of nitriles is 2. The van der Waals surface area contributed by atoms with Crippen molar-refractivity contribution in [2.45, 2.75) is 0 Å². The zero-order valence-electron chi connectivity index (χ0n) is 15.3. The molecular formula is C21H15ClN6O. The molecule has 7 nitrogen and oxygen atoms in total. The second kappa shape index (κ2) is 9.23. The molecule has 1 heterocycles. The number of anilines is 4. The molecule has 0 fully saturated rings. The summed E-state index contributed by atoms with van der Waals surface area (Å²) >= 11 is 6.40. The van der Waals surface area contributed by atoms with Gasteiger partial charge in [0.1, 0.15) is 17.3 Å². The zero-order chi connectivity index (χ0) is 20.6. The molecule has 0 saturated heterocycles. The Balaban J connectivity index is 1.83. The summed E-state index contributed by atoms with van der Waals surface area (Å²) in [5.41, 5.74) is 2.61. The molecule has 1 aromatic heterocycles. The van der Waals surface area contributed by atoms with E-state index in [1.54, 1.807) is 54.7 Å². The summed E-state index contributed by atoms with van der Waals surface area (Å²) in [5.74, 6) is 1.40. The highest BCUT2D eigenvalue weighted by molar-refractivity contribution is 6.34. The molecule has 0 bridgehead atoms. The molecule has 0 spiro atoms. The molecule has 2 N–H and O–H groups in total. The summed E-state index contributed by atoms with van der Waals surface area (Å²) in [4.78, 5) is 8.63. The molecule has 0 radical (unpaired) electrons. The quantitative estimate of drug-likeness (QED) is 0.556. The van der Waals surface area contributed by atoms with Gasteiger partial charge in [0.25, 0.3) is 0 Å². The summed E-state index contributed by atoms with van der Waals surface area (Å²) in [7, 11) is 1.53. The molecule has 0 amide bonds. The van der Waals surface area contributed by atoms with E-state index in [2.05, 4.69) is 26.7 Å². The number of rotatable bonds is 6. The molecule has 8 heteroatoms. The van der Waals surface area contributed by atoms with Crippen LogP contribution in [0, 0.1) is 22.7 Å². The number of aromatic nitrogens is 2. The first-order chi connectivity index (χ1) is 14.1. The molecule has 0 unspecified atom stereocenters. The van der Waals surface area contributed by atoms with Gasteiger partial charge in [-0.05, 0) is 54.1 Å². The summed E-state index contributed by atoms with van der Waals surface area (Å²) in [6, 6.07) is 16.2. The van der Waals surface area contributed by atoms with Crippen molar-refractivity contribution in [3.63, 3.8) is 0 Å². The predicted molar refractivity (Wildman–Crippen MR) is 112 cm³/mol. The van der Waals surface area contributed by atoms with Crippen LogP contribution >= 0.6 is 11.6 Å². The van der Waals surface area contributed by atoms with Crippen LogP contribution in [0.2, 0.25) is 5.02 Å². The van der Waals surface area contributed by atoms with Gasteiger partial charge in [-0.3, -0.25) is 0 Å². The van der Waals surface area contributed by atoms with Crippen LogP contribution in [0.1, 0.15) is 11.1 Å². The van der Waals surface area contributed by atoms with Crippen molar-refractivity contribution in [3.05, 3.63) is 70.9 Å². The SMILES string of the molecule is COc1cc(/C=C/C#N)cc(Cl)c1Nc1ccnc(Nc2ccc(C#N)cc2)n1. The highest BCUT2D eigenvalue weighted by Crippen LogP contribution is 2.36. The number of methoxy groups -OCH3 is 1. The van der Waals surface area contributed by atoms with E-state index in [-0.39, 0.29) is 0 Å². The number of nitrogens with one attached hydrogen (secondary N) is 2. The third-order valence-corrected chi connectivity index (χ3v) is 4.12. The molecule has 0 aliphatic heterocycles. The summed E-state index contributed by atoms with van der Waals surface area (Å²) in [6.45, 7) is 0. The molecular weight excluding hydrogens is 388 g/mol. The summed E-state index contributed by atoms with van der Waals surface area (Å²) in [6.07, 6.45) is 4.61. The van der Waals surface area contributed by atoms with Crippen LogP contribution in [0.25, 0.3) is 6.08 Å². The fourth-order valence-electron chi connectivity index (χ4n) is 2.49. The molecule has 3 rings (SSSR count). The Bertz CT molecular complexity index is 1130. The van der Waals surface area contributed by atoms with E-state index < -0.39 is 0 Å². The fraction of sp³-hybridized carbons (Fsp3) is 0.0476. The van der Waals surface area contributed by atoms with Crippen molar-refractivity contribution in [2.24, 2.45) is 0 Å². The number of ether oxygens (including phenoxy) is 1. The molecule has 142 valence electrons. The minimum Gasteiger partial charge on any atom is -0.494 e. The molecule has 3 aromatic rings.